The molecule has 1 aromatic carbocycles. The summed E-state index contributed by atoms with van der Waals surface area (Å²) in [6.07, 6.45) is 0.726. The summed E-state index contributed by atoms with van der Waals surface area (Å²) >= 11 is 0. The number of amides is 1. The zero-order valence-electron chi connectivity index (χ0n) is 14.0. The summed E-state index contributed by atoms with van der Waals surface area (Å²) in [6.45, 7) is 4.12. The largest absolute Gasteiger partial charge is 0.485 e. The quantitative estimate of drug-likeness (QED) is 0.574. The van der Waals surface area contributed by atoms with Crippen molar-refractivity contribution < 1.29 is 18.8 Å². The van der Waals surface area contributed by atoms with Crippen molar-refractivity contribution in [3.63, 3.8) is 0 Å². The molecule has 1 N–H and O–H groups in total. The Morgan fingerprint density at radius 3 is 2.64 bits per heavy atom. The van der Waals surface area contributed by atoms with E-state index in [0.717, 1.165) is 6.42 Å². The van der Waals surface area contributed by atoms with Crippen LogP contribution in [0.5, 0.6) is 5.75 Å². The molecule has 0 aliphatic heterocycles. The SMILES string of the molecule is CCCNC(=O)C(C#N)C(=O)c1ccc(OCc2noc(C)n2)cc1. The number of aryl methyl sites for hydroxylation is 1. The predicted molar refractivity (Wildman–Crippen MR) is 86.5 cm³/mol. The molecule has 2 aromatic rings. The van der Waals surface area contributed by atoms with Crippen molar-refractivity contribution in [1.82, 2.24) is 15.5 Å². The first-order valence-electron chi connectivity index (χ1n) is 7.78. The highest BCUT2D eigenvalue weighted by atomic mass is 16.5. The molecule has 1 amide bonds. The van der Waals surface area contributed by atoms with Gasteiger partial charge in [0.25, 0.3) is 0 Å². The highest BCUT2D eigenvalue weighted by Gasteiger charge is 2.27. The van der Waals surface area contributed by atoms with Crippen LogP contribution in [-0.4, -0.2) is 28.4 Å². The van der Waals surface area contributed by atoms with E-state index in [2.05, 4.69) is 15.5 Å². The van der Waals surface area contributed by atoms with E-state index in [4.69, 9.17) is 14.5 Å². The third kappa shape index (κ3) is 4.88. The van der Waals surface area contributed by atoms with Gasteiger partial charge in [-0.25, -0.2) is 0 Å². The first kappa shape index (κ1) is 18.1. The number of carbonyl (C=O) groups is 2. The Hall–Kier alpha value is -3.21. The van der Waals surface area contributed by atoms with Crippen LogP contribution in [0.25, 0.3) is 0 Å². The van der Waals surface area contributed by atoms with Crippen molar-refractivity contribution in [1.29, 1.82) is 5.26 Å². The first-order valence-corrected chi connectivity index (χ1v) is 7.78. The normalized spacial score (nSPS) is 11.4. The van der Waals surface area contributed by atoms with E-state index < -0.39 is 17.6 Å². The summed E-state index contributed by atoms with van der Waals surface area (Å²) < 4.78 is 10.3. The van der Waals surface area contributed by atoms with Crippen molar-refractivity contribution in [3.8, 4) is 11.8 Å². The molecule has 1 atom stereocenters. The van der Waals surface area contributed by atoms with Crippen molar-refractivity contribution >= 4 is 11.7 Å². The molecular weight excluding hydrogens is 324 g/mol. The van der Waals surface area contributed by atoms with Gasteiger partial charge in [-0.15, -0.1) is 0 Å². The highest BCUT2D eigenvalue weighted by molar-refractivity contribution is 6.12. The smallest absolute Gasteiger partial charge is 0.245 e. The third-order valence-corrected chi connectivity index (χ3v) is 3.28. The van der Waals surface area contributed by atoms with Crippen LogP contribution in [0.3, 0.4) is 0 Å². The van der Waals surface area contributed by atoms with E-state index in [1.54, 1.807) is 25.1 Å². The zero-order valence-corrected chi connectivity index (χ0v) is 14.0. The number of nitriles is 1. The number of benzene rings is 1. The maximum Gasteiger partial charge on any atom is 0.245 e. The van der Waals surface area contributed by atoms with Gasteiger partial charge in [-0.3, -0.25) is 9.59 Å². The van der Waals surface area contributed by atoms with E-state index in [1.165, 1.54) is 12.1 Å². The van der Waals surface area contributed by atoms with Gasteiger partial charge in [0.1, 0.15) is 5.75 Å². The number of hydrogen-bond donors (Lipinski definition) is 1. The lowest BCUT2D eigenvalue weighted by molar-refractivity contribution is -0.122. The van der Waals surface area contributed by atoms with Gasteiger partial charge in [0.05, 0.1) is 6.07 Å². The number of Topliss-reactive ketones (excluding diaryl/α,β-unsaturated/α-hetero) is 1. The second kappa shape index (κ2) is 8.59. The lowest BCUT2D eigenvalue weighted by Gasteiger charge is -2.09. The van der Waals surface area contributed by atoms with E-state index in [0.29, 0.717) is 24.0 Å². The van der Waals surface area contributed by atoms with E-state index >= 15 is 0 Å². The Morgan fingerprint density at radius 2 is 2.08 bits per heavy atom. The van der Waals surface area contributed by atoms with Crippen molar-refractivity contribution in [2.45, 2.75) is 26.9 Å². The monoisotopic (exact) mass is 342 g/mol. The molecule has 0 bridgehead atoms. The highest BCUT2D eigenvalue weighted by Crippen LogP contribution is 2.16. The summed E-state index contributed by atoms with van der Waals surface area (Å²) in [5.41, 5.74) is 0.265. The average molecular weight is 342 g/mol. The molecule has 0 aliphatic rings. The number of carbonyl (C=O) groups excluding carboxylic acids is 2. The fourth-order valence-corrected chi connectivity index (χ4v) is 2.02. The molecule has 0 spiro atoms. The number of rotatable bonds is 8. The van der Waals surface area contributed by atoms with Crippen LogP contribution in [0.2, 0.25) is 0 Å². The number of hydrogen-bond acceptors (Lipinski definition) is 7. The van der Waals surface area contributed by atoms with Gasteiger partial charge in [-0.05, 0) is 30.7 Å². The summed E-state index contributed by atoms with van der Waals surface area (Å²) in [7, 11) is 0. The number of nitrogens with zero attached hydrogens (tertiary/aromatic N) is 3. The Morgan fingerprint density at radius 1 is 1.36 bits per heavy atom. The number of ether oxygens (including phenoxy) is 1. The molecular formula is C17H18N4O4. The van der Waals surface area contributed by atoms with Gasteiger partial charge in [-0.2, -0.15) is 10.2 Å². The third-order valence-electron chi connectivity index (χ3n) is 3.28. The van der Waals surface area contributed by atoms with Gasteiger partial charge in [0, 0.05) is 19.0 Å². The predicted octanol–water partition coefficient (Wildman–Crippen LogP) is 1.81. The molecule has 1 aromatic heterocycles. The van der Waals surface area contributed by atoms with Crippen molar-refractivity contribution in [3.05, 3.63) is 41.5 Å². The minimum absolute atomic E-state index is 0.130. The van der Waals surface area contributed by atoms with Crippen LogP contribution < -0.4 is 10.1 Å². The number of aromatic nitrogens is 2. The molecule has 0 saturated heterocycles. The minimum atomic E-state index is -1.36. The molecule has 130 valence electrons. The van der Waals surface area contributed by atoms with Crippen LogP contribution in [-0.2, 0) is 11.4 Å². The molecule has 0 radical (unpaired) electrons. The molecule has 0 aliphatic carbocycles. The summed E-state index contributed by atoms with van der Waals surface area (Å²) in [5.74, 6) is -1.12. The fraction of sp³-hybridized carbons (Fsp3) is 0.353. The average Bonchev–Trinajstić information content (AvgIpc) is 3.04. The topological polar surface area (TPSA) is 118 Å². The van der Waals surface area contributed by atoms with Crippen LogP contribution in [0.1, 0.15) is 35.4 Å². The molecule has 1 heterocycles. The maximum atomic E-state index is 12.3. The number of ketones is 1. The maximum absolute atomic E-state index is 12.3. The lowest BCUT2D eigenvalue weighted by Crippen LogP contribution is -2.35. The molecule has 0 fully saturated rings. The van der Waals surface area contributed by atoms with E-state index in [9.17, 15) is 9.59 Å². The van der Waals surface area contributed by atoms with Gasteiger partial charge < -0.3 is 14.6 Å². The van der Waals surface area contributed by atoms with Crippen LogP contribution in [0, 0.1) is 24.2 Å². The lowest BCUT2D eigenvalue weighted by atomic mass is 9.98. The van der Waals surface area contributed by atoms with E-state index in [1.807, 2.05) is 6.92 Å². The Labute approximate surface area is 144 Å². The second-order valence-electron chi connectivity index (χ2n) is 5.26. The van der Waals surface area contributed by atoms with Crippen LogP contribution in [0.4, 0.5) is 0 Å². The van der Waals surface area contributed by atoms with Gasteiger partial charge in [0.15, 0.2) is 18.3 Å². The van der Waals surface area contributed by atoms with Crippen LogP contribution in [0.15, 0.2) is 28.8 Å². The minimum Gasteiger partial charge on any atom is -0.485 e. The van der Waals surface area contributed by atoms with Crippen molar-refractivity contribution in [2.75, 3.05) is 6.54 Å². The molecule has 8 nitrogen and oxygen atoms in total. The van der Waals surface area contributed by atoms with Gasteiger partial charge in [-0.1, -0.05) is 12.1 Å². The van der Waals surface area contributed by atoms with E-state index in [-0.39, 0.29) is 12.2 Å². The van der Waals surface area contributed by atoms with Gasteiger partial charge >= 0.3 is 0 Å². The summed E-state index contributed by atoms with van der Waals surface area (Å²) in [5, 5.41) is 15.4. The molecule has 0 saturated carbocycles. The van der Waals surface area contributed by atoms with Crippen molar-refractivity contribution in [2.24, 2.45) is 5.92 Å². The first-order chi connectivity index (χ1) is 12.0. The number of nitrogens with one attached hydrogen (secondary N) is 1. The molecule has 2 rings (SSSR count). The summed E-state index contributed by atoms with van der Waals surface area (Å²) in [4.78, 5) is 28.2. The second-order valence-corrected chi connectivity index (χ2v) is 5.26. The molecule has 25 heavy (non-hydrogen) atoms. The Balaban J connectivity index is 1.99. The van der Waals surface area contributed by atoms with Crippen LogP contribution >= 0.6 is 0 Å². The molecule has 8 heteroatoms. The fourth-order valence-electron chi connectivity index (χ4n) is 2.02. The Kier molecular flexibility index (Phi) is 6.23. The van der Waals surface area contributed by atoms with Gasteiger partial charge in [0.2, 0.25) is 17.6 Å². The Bertz CT molecular complexity index is 777. The molecule has 1 unspecified atom stereocenters. The summed E-state index contributed by atoms with van der Waals surface area (Å²) in [6, 6.07) is 7.94. The zero-order chi connectivity index (χ0) is 18.2. The standard InChI is InChI=1S/C17H18N4O4/c1-3-8-19-17(23)14(9-18)16(22)12-4-6-13(7-5-12)24-10-15-20-11(2)25-21-15/h4-7,14H,3,8,10H2,1-2H3,(H,19,23).